The summed E-state index contributed by atoms with van der Waals surface area (Å²) < 4.78 is 26.9. The number of rotatable bonds is 5. The Balaban J connectivity index is 3.18. The number of sulfonamides is 1. The van der Waals surface area contributed by atoms with E-state index in [4.69, 9.17) is 18.0 Å². The van der Waals surface area contributed by atoms with Crippen molar-refractivity contribution in [3.8, 4) is 0 Å². The van der Waals surface area contributed by atoms with Gasteiger partial charge in [-0.05, 0) is 41.2 Å². The van der Waals surface area contributed by atoms with Crippen molar-refractivity contribution in [2.24, 2.45) is 5.73 Å². The van der Waals surface area contributed by atoms with Crippen LogP contribution in [0.1, 0.15) is 13.8 Å². The summed E-state index contributed by atoms with van der Waals surface area (Å²) in [7, 11) is -3.55. The highest BCUT2D eigenvalue weighted by Gasteiger charge is 2.30. The van der Waals surface area contributed by atoms with Gasteiger partial charge in [0.25, 0.3) is 10.0 Å². The first-order valence-electron chi connectivity index (χ1n) is 4.80. The summed E-state index contributed by atoms with van der Waals surface area (Å²) in [5.41, 5.74) is 5.44. The topological polar surface area (TPSA) is 63.4 Å². The quantitative estimate of drug-likeness (QED) is 0.821. The van der Waals surface area contributed by atoms with Crippen LogP contribution in [-0.4, -0.2) is 30.3 Å². The predicted octanol–water partition coefficient (Wildman–Crippen LogP) is 2.20. The maximum Gasteiger partial charge on any atom is 0.254 e. The Morgan fingerprint density at radius 1 is 1.65 bits per heavy atom. The van der Waals surface area contributed by atoms with Crippen molar-refractivity contribution in [2.75, 3.05) is 6.54 Å². The molecule has 1 heterocycles. The smallest absolute Gasteiger partial charge is 0.254 e. The number of hydrogen-bond acceptors (Lipinski definition) is 4. The van der Waals surface area contributed by atoms with Crippen molar-refractivity contribution >= 4 is 54.5 Å². The number of nitrogens with zero attached hydrogens (tertiary/aromatic N) is 1. The second-order valence-electron chi connectivity index (χ2n) is 3.67. The van der Waals surface area contributed by atoms with Crippen LogP contribution < -0.4 is 5.73 Å². The van der Waals surface area contributed by atoms with E-state index in [0.29, 0.717) is 4.47 Å². The molecular weight excluding hydrogens is 344 g/mol. The van der Waals surface area contributed by atoms with Crippen molar-refractivity contribution in [1.82, 2.24) is 4.31 Å². The zero-order chi connectivity index (χ0) is 13.2. The van der Waals surface area contributed by atoms with Gasteiger partial charge in [-0.1, -0.05) is 12.2 Å². The number of halogens is 1. The minimum Gasteiger partial charge on any atom is -0.392 e. The summed E-state index contributed by atoms with van der Waals surface area (Å²) in [5, 5.41) is 1.72. The Morgan fingerprint density at radius 3 is 2.59 bits per heavy atom. The van der Waals surface area contributed by atoms with Gasteiger partial charge in [0.2, 0.25) is 0 Å². The molecule has 17 heavy (non-hydrogen) atoms. The fourth-order valence-electron chi connectivity index (χ4n) is 1.27. The lowest BCUT2D eigenvalue weighted by atomic mass is 10.4. The van der Waals surface area contributed by atoms with Gasteiger partial charge in [0, 0.05) is 10.5 Å². The molecule has 0 aliphatic heterocycles. The summed E-state index contributed by atoms with van der Waals surface area (Å²) in [6.45, 7) is 3.63. The van der Waals surface area contributed by atoms with Gasteiger partial charge in [0.1, 0.15) is 4.21 Å². The summed E-state index contributed by atoms with van der Waals surface area (Å²) in [6.07, 6.45) is 0. The molecule has 0 radical (unpaired) electrons. The van der Waals surface area contributed by atoms with Crippen molar-refractivity contribution in [2.45, 2.75) is 24.1 Å². The Bertz CT molecular complexity index is 510. The summed E-state index contributed by atoms with van der Waals surface area (Å²) in [6, 6.07) is 1.51. The molecule has 96 valence electrons. The van der Waals surface area contributed by atoms with Gasteiger partial charge in [-0.25, -0.2) is 8.42 Å². The number of nitrogens with two attached hydrogens (primary N) is 1. The average Bonchev–Trinajstić information content (AvgIpc) is 2.60. The van der Waals surface area contributed by atoms with Crippen molar-refractivity contribution < 1.29 is 8.42 Å². The third-order valence-electron chi connectivity index (χ3n) is 2.02. The first kappa shape index (κ1) is 15.0. The van der Waals surface area contributed by atoms with Crippen LogP contribution in [0.2, 0.25) is 0 Å². The first-order valence-corrected chi connectivity index (χ1v) is 8.32. The molecule has 0 aromatic carbocycles. The predicted molar refractivity (Wildman–Crippen MR) is 77.8 cm³/mol. The average molecular weight is 357 g/mol. The molecule has 0 unspecified atom stereocenters. The molecule has 1 rings (SSSR count). The zero-order valence-electron chi connectivity index (χ0n) is 9.38. The highest BCUT2D eigenvalue weighted by molar-refractivity contribution is 9.10. The van der Waals surface area contributed by atoms with E-state index >= 15 is 0 Å². The molecule has 0 amide bonds. The summed E-state index contributed by atoms with van der Waals surface area (Å²) in [5.74, 6) is 0. The summed E-state index contributed by atoms with van der Waals surface area (Å²) >= 11 is 9.18. The Morgan fingerprint density at radius 2 is 2.24 bits per heavy atom. The second-order valence-corrected chi connectivity index (χ2v) is 8.05. The van der Waals surface area contributed by atoms with E-state index in [-0.39, 0.29) is 21.8 Å². The van der Waals surface area contributed by atoms with Gasteiger partial charge in [0.15, 0.2) is 0 Å². The lowest BCUT2D eigenvalue weighted by Gasteiger charge is -2.24. The third-order valence-corrected chi connectivity index (χ3v) is 6.81. The van der Waals surface area contributed by atoms with E-state index in [2.05, 4.69) is 15.9 Å². The summed E-state index contributed by atoms with van der Waals surface area (Å²) in [4.78, 5) is 0.162. The van der Waals surface area contributed by atoms with E-state index < -0.39 is 10.0 Å². The highest BCUT2D eigenvalue weighted by atomic mass is 79.9. The van der Waals surface area contributed by atoms with Crippen molar-refractivity contribution in [3.05, 3.63) is 15.9 Å². The molecule has 1 aromatic heterocycles. The molecule has 8 heteroatoms. The van der Waals surface area contributed by atoms with Gasteiger partial charge in [0.05, 0.1) is 11.5 Å². The second kappa shape index (κ2) is 5.75. The fourth-order valence-corrected chi connectivity index (χ4v) is 5.53. The van der Waals surface area contributed by atoms with Crippen LogP contribution >= 0.6 is 39.5 Å². The Hall–Kier alpha value is -0.0200. The molecular formula is C9H13BrN2O2S3. The molecule has 0 atom stereocenters. The van der Waals surface area contributed by atoms with Crippen LogP contribution in [0.15, 0.2) is 20.1 Å². The Kier molecular flexibility index (Phi) is 5.08. The molecule has 0 saturated heterocycles. The number of hydrogen-bond donors (Lipinski definition) is 1. The largest absolute Gasteiger partial charge is 0.392 e. The normalized spacial score (nSPS) is 12.3. The van der Waals surface area contributed by atoms with Crippen LogP contribution in [0.25, 0.3) is 0 Å². The molecule has 0 aliphatic rings. The minimum atomic E-state index is -3.55. The van der Waals surface area contributed by atoms with Crippen LogP contribution in [0, 0.1) is 0 Å². The molecule has 0 bridgehead atoms. The van der Waals surface area contributed by atoms with Gasteiger partial charge < -0.3 is 5.73 Å². The van der Waals surface area contributed by atoms with Crippen LogP contribution in [0.3, 0.4) is 0 Å². The zero-order valence-corrected chi connectivity index (χ0v) is 13.4. The van der Waals surface area contributed by atoms with Crippen molar-refractivity contribution in [3.63, 3.8) is 0 Å². The van der Waals surface area contributed by atoms with E-state index in [9.17, 15) is 8.42 Å². The number of thiocarbonyl (C=S) groups is 1. The molecule has 1 aromatic rings. The standard InChI is InChI=1S/C9H13BrN2O2S3/c1-6(2)12(5-8(11)15)17(13,14)9-7(10)3-4-16-9/h3-4,6H,5H2,1-2H3,(H2,11,15). The highest BCUT2D eigenvalue weighted by Crippen LogP contribution is 2.30. The molecule has 0 spiro atoms. The van der Waals surface area contributed by atoms with E-state index in [1.807, 2.05) is 0 Å². The third kappa shape index (κ3) is 3.47. The van der Waals surface area contributed by atoms with Gasteiger partial charge in [-0.15, -0.1) is 11.3 Å². The first-order chi connectivity index (χ1) is 7.76. The maximum atomic E-state index is 12.4. The van der Waals surface area contributed by atoms with Gasteiger partial charge in [-0.3, -0.25) is 0 Å². The fraction of sp³-hybridized carbons (Fsp3) is 0.444. The minimum absolute atomic E-state index is 0.0552. The molecule has 0 fully saturated rings. The maximum absolute atomic E-state index is 12.4. The molecule has 2 N–H and O–H groups in total. The van der Waals surface area contributed by atoms with Gasteiger partial charge in [-0.2, -0.15) is 4.31 Å². The van der Waals surface area contributed by atoms with Crippen LogP contribution in [0.5, 0.6) is 0 Å². The van der Waals surface area contributed by atoms with Gasteiger partial charge >= 0.3 is 0 Å². The van der Waals surface area contributed by atoms with Crippen LogP contribution in [0.4, 0.5) is 0 Å². The lowest BCUT2D eigenvalue weighted by molar-refractivity contribution is 0.392. The van der Waals surface area contributed by atoms with Crippen LogP contribution in [-0.2, 0) is 10.0 Å². The van der Waals surface area contributed by atoms with E-state index in [1.165, 1.54) is 15.6 Å². The monoisotopic (exact) mass is 356 g/mol. The van der Waals surface area contributed by atoms with E-state index in [0.717, 1.165) is 0 Å². The van der Waals surface area contributed by atoms with E-state index in [1.54, 1.807) is 25.3 Å². The molecule has 0 aliphatic carbocycles. The SMILES string of the molecule is CC(C)N(CC(N)=S)S(=O)(=O)c1sccc1Br. The Labute approximate surface area is 119 Å². The molecule has 4 nitrogen and oxygen atoms in total. The lowest BCUT2D eigenvalue weighted by Crippen LogP contribution is -2.41. The van der Waals surface area contributed by atoms with Crippen molar-refractivity contribution in [1.29, 1.82) is 0 Å². The molecule has 0 saturated carbocycles. The number of thiophene rings is 1.